The molecule has 0 aliphatic carbocycles. The molecule has 0 aromatic rings. The minimum atomic E-state index is 0.633. The van der Waals surface area contributed by atoms with Gasteiger partial charge < -0.3 is 10.6 Å². The van der Waals surface area contributed by atoms with E-state index in [1.54, 1.807) is 0 Å². The van der Waals surface area contributed by atoms with E-state index in [0.717, 1.165) is 19.5 Å². The lowest BCUT2D eigenvalue weighted by molar-refractivity contribution is 0.125. The Morgan fingerprint density at radius 3 is 2.29 bits per heavy atom. The molecule has 0 amide bonds. The summed E-state index contributed by atoms with van der Waals surface area (Å²) in [6, 6.07) is 0.633. The van der Waals surface area contributed by atoms with Crippen molar-refractivity contribution in [3.63, 3.8) is 0 Å². The van der Waals surface area contributed by atoms with Crippen molar-refractivity contribution < 1.29 is 0 Å². The Balaban J connectivity index is 2.21. The van der Waals surface area contributed by atoms with E-state index in [4.69, 9.17) is 5.73 Å². The molecule has 0 aromatic heterocycles. The Hall–Kier alpha value is -0.160. The van der Waals surface area contributed by atoms with Crippen LogP contribution in [0.1, 0.15) is 20.3 Å². The molecule has 0 atom stereocenters. The van der Waals surface area contributed by atoms with Crippen LogP contribution in [0, 0.1) is 0 Å². The van der Waals surface area contributed by atoms with Gasteiger partial charge in [-0.1, -0.05) is 0 Å². The van der Waals surface area contributed by atoms with Crippen LogP contribution in [-0.2, 0) is 0 Å². The summed E-state index contributed by atoms with van der Waals surface area (Å²) in [5.41, 5.74) is 5.59. The molecular formula is C13H30N4. The van der Waals surface area contributed by atoms with Crippen molar-refractivity contribution in [2.75, 3.05) is 59.4 Å². The third-order valence-corrected chi connectivity index (χ3v) is 3.68. The standard InChI is InChI=1S/C13H30N4/c1-13(2)17(6-4-5-14)12-11-16-9-7-15(3)8-10-16/h13H,4-12,14H2,1-3H3. The molecule has 0 aromatic carbocycles. The first kappa shape index (κ1) is 14.9. The zero-order chi connectivity index (χ0) is 12.7. The van der Waals surface area contributed by atoms with Crippen LogP contribution in [0.3, 0.4) is 0 Å². The molecule has 17 heavy (non-hydrogen) atoms. The fourth-order valence-corrected chi connectivity index (χ4v) is 2.26. The van der Waals surface area contributed by atoms with Gasteiger partial charge in [-0.05, 0) is 40.4 Å². The summed E-state index contributed by atoms with van der Waals surface area (Å²) < 4.78 is 0. The number of piperazine rings is 1. The number of nitrogens with two attached hydrogens (primary N) is 1. The third kappa shape index (κ3) is 5.82. The lowest BCUT2D eigenvalue weighted by Gasteiger charge is -2.35. The van der Waals surface area contributed by atoms with Gasteiger partial charge in [0, 0.05) is 45.3 Å². The molecule has 1 aliphatic rings. The molecule has 0 spiro atoms. The van der Waals surface area contributed by atoms with E-state index < -0.39 is 0 Å². The average molecular weight is 242 g/mol. The minimum absolute atomic E-state index is 0.633. The Morgan fingerprint density at radius 2 is 1.76 bits per heavy atom. The lowest BCUT2D eigenvalue weighted by atomic mass is 10.2. The summed E-state index contributed by atoms with van der Waals surface area (Å²) >= 11 is 0. The molecule has 4 nitrogen and oxygen atoms in total. The molecule has 1 saturated heterocycles. The van der Waals surface area contributed by atoms with Gasteiger partial charge in [0.1, 0.15) is 0 Å². The van der Waals surface area contributed by atoms with Gasteiger partial charge in [0.2, 0.25) is 0 Å². The van der Waals surface area contributed by atoms with Gasteiger partial charge >= 0.3 is 0 Å². The summed E-state index contributed by atoms with van der Waals surface area (Å²) in [7, 11) is 2.21. The largest absolute Gasteiger partial charge is 0.330 e. The van der Waals surface area contributed by atoms with Crippen molar-refractivity contribution in [2.24, 2.45) is 5.73 Å². The summed E-state index contributed by atoms with van der Waals surface area (Å²) in [5, 5.41) is 0. The van der Waals surface area contributed by atoms with Gasteiger partial charge in [0.25, 0.3) is 0 Å². The maximum Gasteiger partial charge on any atom is 0.0112 e. The van der Waals surface area contributed by atoms with Gasteiger partial charge in [-0.25, -0.2) is 0 Å². The van der Waals surface area contributed by atoms with Crippen LogP contribution in [0.5, 0.6) is 0 Å². The van der Waals surface area contributed by atoms with Crippen LogP contribution in [0.4, 0.5) is 0 Å². The van der Waals surface area contributed by atoms with Gasteiger partial charge in [-0.15, -0.1) is 0 Å². The van der Waals surface area contributed by atoms with E-state index in [0.29, 0.717) is 6.04 Å². The van der Waals surface area contributed by atoms with Crippen molar-refractivity contribution in [3.8, 4) is 0 Å². The van der Waals surface area contributed by atoms with Crippen LogP contribution >= 0.6 is 0 Å². The van der Waals surface area contributed by atoms with E-state index in [1.807, 2.05) is 0 Å². The maximum atomic E-state index is 5.59. The predicted molar refractivity (Wildman–Crippen MR) is 74.3 cm³/mol. The molecule has 102 valence electrons. The summed E-state index contributed by atoms with van der Waals surface area (Å²) in [6.07, 6.45) is 1.11. The van der Waals surface area contributed by atoms with Crippen LogP contribution in [-0.4, -0.2) is 80.1 Å². The number of nitrogens with zero attached hydrogens (tertiary/aromatic N) is 3. The molecule has 0 saturated carbocycles. The molecular weight excluding hydrogens is 212 g/mol. The second-order valence-corrected chi connectivity index (χ2v) is 5.42. The van der Waals surface area contributed by atoms with Gasteiger partial charge in [-0.3, -0.25) is 9.80 Å². The second-order valence-electron chi connectivity index (χ2n) is 5.42. The first-order valence-corrected chi connectivity index (χ1v) is 6.98. The molecule has 0 unspecified atom stereocenters. The molecule has 1 heterocycles. The fourth-order valence-electron chi connectivity index (χ4n) is 2.26. The summed E-state index contributed by atoms with van der Waals surface area (Å²) in [4.78, 5) is 7.54. The highest BCUT2D eigenvalue weighted by molar-refractivity contribution is 4.72. The van der Waals surface area contributed by atoms with E-state index in [2.05, 4.69) is 35.6 Å². The molecule has 4 heteroatoms. The Morgan fingerprint density at radius 1 is 1.12 bits per heavy atom. The minimum Gasteiger partial charge on any atom is -0.330 e. The highest BCUT2D eigenvalue weighted by Gasteiger charge is 2.15. The Labute approximate surface area is 107 Å². The van der Waals surface area contributed by atoms with Crippen LogP contribution in [0.15, 0.2) is 0 Å². The van der Waals surface area contributed by atoms with Gasteiger partial charge in [0.05, 0.1) is 0 Å². The molecule has 2 N–H and O–H groups in total. The topological polar surface area (TPSA) is 35.7 Å². The fraction of sp³-hybridized carbons (Fsp3) is 1.00. The normalized spacial score (nSPS) is 19.4. The second kappa shape index (κ2) is 8.03. The van der Waals surface area contributed by atoms with Crippen molar-refractivity contribution in [3.05, 3.63) is 0 Å². The van der Waals surface area contributed by atoms with E-state index >= 15 is 0 Å². The maximum absolute atomic E-state index is 5.59. The van der Waals surface area contributed by atoms with Gasteiger partial charge in [-0.2, -0.15) is 0 Å². The number of hydrogen-bond acceptors (Lipinski definition) is 4. The smallest absolute Gasteiger partial charge is 0.0112 e. The Bertz CT molecular complexity index is 188. The summed E-state index contributed by atoms with van der Waals surface area (Å²) in [6.45, 7) is 13.8. The van der Waals surface area contributed by atoms with E-state index in [9.17, 15) is 0 Å². The first-order valence-electron chi connectivity index (χ1n) is 6.98. The molecule has 1 fully saturated rings. The van der Waals surface area contributed by atoms with Crippen molar-refractivity contribution in [1.29, 1.82) is 0 Å². The average Bonchev–Trinajstić information content (AvgIpc) is 2.31. The number of rotatable bonds is 7. The zero-order valence-corrected chi connectivity index (χ0v) is 11.9. The van der Waals surface area contributed by atoms with Crippen LogP contribution < -0.4 is 5.73 Å². The number of likely N-dealkylation sites (N-methyl/N-ethyl adjacent to an activating group) is 1. The van der Waals surface area contributed by atoms with Crippen molar-refractivity contribution >= 4 is 0 Å². The highest BCUT2D eigenvalue weighted by Crippen LogP contribution is 2.03. The van der Waals surface area contributed by atoms with E-state index in [-0.39, 0.29) is 0 Å². The lowest BCUT2D eigenvalue weighted by Crippen LogP contribution is -2.47. The molecule has 1 aliphatic heterocycles. The summed E-state index contributed by atoms with van der Waals surface area (Å²) in [5.74, 6) is 0. The SMILES string of the molecule is CC(C)N(CCCN)CCN1CCN(C)CC1. The molecule has 1 rings (SSSR count). The van der Waals surface area contributed by atoms with Crippen LogP contribution in [0.2, 0.25) is 0 Å². The number of hydrogen-bond donors (Lipinski definition) is 1. The monoisotopic (exact) mass is 242 g/mol. The third-order valence-electron chi connectivity index (χ3n) is 3.68. The first-order chi connectivity index (χ1) is 8.13. The predicted octanol–water partition coefficient (Wildman–Crippen LogP) is 0.293. The highest BCUT2D eigenvalue weighted by atomic mass is 15.3. The van der Waals surface area contributed by atoms with Crippen molar-refractivity contribution in [2.45, 2.75) is 26.3 Å². The van der Waals surface area contributed by atoms with Crippen molar-refractivity contribution in [1.82, 2.24) is 14.7 Å². The van der Waals surface area contributed by atoms with Crippen LogP contribution in [0.25, 0.3) is 0 Å². The quantitative estimate of drug-likeness (QED) is 0.696. The van der Waals surface area contributed by atoms with Gasteiger partial charge in [0.15, 0.2) is 0 Å². The molecule has 0 radical (unpaired) electrons. The zero-order valence-electron chi connectivity index (χ0n) is 11.9. The molecule has 0 bridgehead atoms. The van der Waals surface area contributed by atoms with E-state index in [1.165, 1.54) is 39.3 Å². The Kier molecular flexibility index (Phi) is 7.04.